The first-order valence-corrected chi connectivity index (χ1v) is 13.2. The molecule has 37 heavy (non-hydrogen) atoms. The second-order valence-electron chi connectivity index (χ2n) is 10.3. The highest BCUT2D eigenvalue weighted by molar-refractivity contribution is 6.30. The Hall–Kier alpha value is -3.16. The minimum Gasteiger partial charge on any atom is -0.492 e. The summed E-state index contributed by atoms with van der Waals surface area (Å²) in [7, 11) is 1.52. The number of piperidine rings is 1. The monoisotopic (exact) mass is 521 g/mol. The maximum atomic E-state index is 15.8. The second-order valence-corrected chi connectivity index (χ2v) is 10.7. The first kappa shape index (κ1) is 24.2. The minimum absolute atomic E-state index is 0.0233. The Balaban J connectivity index is 1.45. The van der Waals surface area contributed by atoms with E-state index >= 15 is 4.39 Å². The number of ketones is 1. The zero-order valence-electron chi connectivity index (χ0n) is 20.7. The largest absolute Gasteiger partial charge is 0.492 e. The molecule has 0 amide bonds. The van der Waals surface area contributed by atoms with Gasteiger partial charge in [0.05, 0.1) is 23.6 Å². The molecular formula is C29H29ClFN3O3. The Morgan fingerprint density at radius 3 is 2.68 bits per heavy atom. The van der Waals surface area contributed by atoms with Crippen LogP contribution in [0.15, 0.2) is 47.4 Å². The van der Waals surface area contributed by atoms with Gasteiger partial charge in [0, 0.05) is 36.4 Å². The summed E-state index contributed by atoms with van der Waals surface area (Å²) in [5.41, 5.74) is 1.29. The van der Waals surface area contributed by atoms with Gasteiger partial charge in [-0.25, -0.2) is 4.39 Å². The highest BCUT2D eigenvalue weighted by Crippen LogP contribution is 2.45. The standard InChI is InChI=1S/C29H29ClFN3O3/c1-37-29-26-21(13-23(31)27(29)33-14-18-3-2-12-32-24(18)16-33)28(36)22(15-34(26)20-9-10-20)25(35)11-6-17-4-7-19(30)8-5-17/h4-8,11,13,15,18,20,24,32H,2-3,9-10,12,14,16H2,1H3. The van der Waals surface area contributed by atoms with Crippen LogP contribution in [0.1, 0.15) is 47.6 Å². The summed E-state index contributed by atoms with van der Waals surface area (Å²) in [6.07, 6.45) is 8.76. The number of hydrogen-bond acceptors (Lipinski definition) is 5. The van der Waals surface area contributed by atoms with Gasteiger partial charge in [-0.2, -0.15) is 0 Å². The predicted octanol–water partition coefficient (Wildman–Crippen LogP) is 5.22. The number of nitrogens with zero attached hydrogens (tertiary/aromatic N) is 2. The van der Waals surface area contributed by atoms with Crippen molar-refractivity contribution < 1.29 is 13.9 Å². The molecule has 2 unspecified atom stereocenters. The molecular weight excluding hydrogens is 493 g/mol. The van der Waals surface area contributed by atoms with Gasteiger partial charge in [-0.05, 0) is 68.0 Å². The Kier molecular flexibility index (Phi) is 6.29. The topological polar surface area (TPSA) is 63.6 Å². The molecule has 2 saturated heterocycles. The third kappa shape index (κ3) is 4.44. The number of methoxy groups -OCH3 is 1. The van der Waals surface area contributed by atoms with Crippen LogP contribution in [0.25, 0.3) is 17.0 Å². The van der Waals surface area contributed by atoms with E-state index in [0.717, 1.165) is 44.3 Å². The fourth-order valence-corrected chi connectivity index (χ4v) is 5.94. The van der Waals surface area contributed by atoms with E-state index in [-0.39, 0.29) is 17.0 Å². The molecule has 2 aromatic carbocycles. The first-order chi connectivity index (χ1) is 17.9. The highest BCUT2D eigenvalue weighted by Gasteiger charge is 2.38. The van der Waals surface area contributed by atoms with Gasteiger partial charge in [0.15, 0.2) is 17.3 Å². The fourth-order valence-electron chi connectivity index (χ4n) is 5.81. The lowest BCUT2D eigenvalue weighted by atomic mass is 9.94. The van der Waals surface area contributed by atoms with Gasteiger partial charge in [-0.15, -0.1) is 0 Å². The van der Waals surface area contributed by atoms with Crippen molar-refractivity contribution in [1.29, 1.82) is 0 Å². The molecule has 2 aliphatic heterocycles. The molecule has 1 saturated carbocycles. The molecule has 0 spiro atoms. The molecule has 2 atom stereocenters. The Bertz CT molecular complexity index is 1450. The molecule has 1 aliphatic carbocycles. The lowest BCUT2D eigenvalue weighted by Crippen LogP contribution is -2.40. The van der Waals surface area contributed by atoms with Gasteiger partial charge in [0.25, 0.3) is 0 Å². The molecule has 8 heteroatoms. The van der Waals surface area contributed by atoms with Gasteiger partial charge >= 0.3 is 0 Å². The number of aromatic nitrogens is 1. The summed E-state index contributed by atoms with van der Waals surface area (Å²) >= 11 is 5.94. The molecule has 0 bridgehead atoms. The van der Waals surface area contributed by atoms with Crippen molar-refractivity contribution in [3.8, 4) is 5.75 Å². The molecule has 6 nitrogen and oxygen atoms in total. The third-order valence-electron chi connectivity index (χ3n) is 7.82. The van der Waals surface area contributed by atoms with Crippen molar-refractivity contribution in [2.75, 3.05) is 31.6 Å². The molecule has 3 heterocycles. The molecule has 1 N–H and O–H groups in total. The zero-order chi connectivity index (χ0) is 25.7. The SMILES string of the molecule is COc1c(N2CC3CCCNC3C2)c(F)cc2c(=O)c(C(=O)C=Cc3ccc(Cl)cc3)cn(C3CC3)c12. The van der Waals surface area contributed by atoms with Crippen LogP contribution in [0.5, 0.6) is 5.75 Å². The van der Waals surface area contributed by atoms with E-state index in [1.807, 2.05) is 4.57 Å². The Morgan fingerprint density at radius 2 is 1.97 bits per heavy atom. The number of hydrogen-bond donors (Lipinski definition) is 1. The number of anilines is 1. The maximum absolute atomic E-state index is 15.8. The van der Waals surface area contributed by atoms with Crippen LogP contribution < -0.4 is 20.4 Å². The molecule has 6 rings (SSSR count). The summed E-state index contributed by atoms with van der Waals surface area (Å²) in [5.74, 6) is -0.0851. The Morgan fingerprint density at radius 1 is 1.19 bits per heavy atom. The van der Waals surface area contributed by atoms with E-state index < -0.39 is 17.0 Å². The second kappa shape index (κ2) is 9.62. The number of halogens is 2. The van der Waals surface area contributed by atoms with Crippen molar-refractivity contribution in [1.82, 2.24) is 9.88 Å². The average Bonchev–Trinajstić information content (AvgIpc) is 3.66. The van der Waals surface area contributed by atoms with Crippen LogP contribution >= 0.6 is 11.6 Å². The lowest BCUT2D eigenvalue weighted by Gasteiger charge is -2.25. The van der Waals surface area contributed by atoms with Crippen molar-refractivity contribution in [2.45, 2.75) is 37.8 Å². The molecule has 1 aromatic heterocycles. The predicted molar refractivity (Wildman–Crippen MR) is 145 cm³/mol. The van der Waals surface area contributed by atoms with E-state index in [1.165, 1.54) is 19.3 Å². The zero-order valence-corrected chi connectivity index (χ0v) is 21.4. The molecule has 3 aromatic rings. The molecule has 3 fully saturated rings. The van der Waals surface area contributed by atoms with Crippen LogP contribution in [0, 0.1) is 11.7 Å². The lowest BCUT2D eigenvalue weighted by molar-refractivity contribution is 0.104. The summed E-state index contributed by atoms with van der Waals surface area (Å²) in [5, 5.41) is 4.33. The van der Waals surface area contributed by atoms with Crippen molar-refractivity contribution in [2.24, 2.45) is 5.92 Å². The molecule has 192 valence electrons. The number of allylic oxidation sites excluding steroid dienone is 1. The minimum atomic E-state index is -0.497. The van der Waals surface area contributed by atoms with E-state index in [2.05, 4.69) is 10.2 Å². The molecule has 0 radical (unpaired) electrons. The summed E-state index contributed by atoms with van der Waals surface area (Å²) in [6, 6.07) is 8.82. The number of fused-ring (bicyclic) bond motifs is 2. The smallest absolute Gasteiger partial charge is 0.200 e. The van der Waals surface area contributed by atoms with Gasteiger partial charge in [-0.1, -0.05) is 29.8 Å². The number of carbonyl (C=O) groups is 1. The van der Waals surface area contributed by atoms with Crippen LogP contribution in [-0.2, 0) is 0 Å². The van der Waals surface area contributed by atoms with Crippen LogP contribution in [0.4, 0.5) is 10.1 Å². The van der Waals surface area contributed by atoms with Gasteiger partial charge in [0.1, 0.15) is 5.69 Å². The Labute approximate surface area is 219 Å². The highest BCUT2D eigenvalue weighted by atomic mass is 35.5. The number of pyridine rings is 1. The van der Waals surface area contributed by atoms with Crippen LogP contribution in [-0.4, -0.2) is 43.1 Å². The number of carbonyl (C=O) groups excluding carboxylic acids is 1. The number of nitrogens with one attached hydrogen (secondary N) is 1. The first-order valence-electron chi connectivity index (χ1n) is 12.9. The number of benzene rings is 2. The molecule has 3 aliphatic rings. The van der Waals surface area contributed by atoms with Gasteiger partial charge in [-0.3, -0.25) is 9.59 Å². The normalized spacial score (nSPS) is 21.5. The van der Waals surface area contributed by atoms with E-state index in [1.54, 1.807) is 36.5 Å². The number of rotatable bonds is 6. The van der Waals surface area contributed by atoms with Crippen molar-refractivity contribution >= 4 is 40.1 Å². The third-order valence-corrected chi connectivity index (χ3v) is 8.07. The van der Waals surface area contributed by atoms with E-state index in [4.69, 9.17) is 16.3 Å². The van der Waals surface area contributed by atoms with Crippen molar-refractivity contribution in [3.05, 3.63) is 74.8 Å². The van der Waals surface area contributed by atoms with E-state index in [9.17, 15) is 9.59 Å². The summed E-state index contributed by atoms with van der Waals surface area (Å²) < 4.78 is 23.5. The van der Waals surface area contributed by atoms with E-state index in [0.29, 0.717) is 40.5 Å². The maximum Gasteiger partial charge on any atom is 0.200 e. The van der Waals surface area contributed by atoms with Crippen LogP contribution in [0.2, 0.25) is 5.02 Å². The summed E-state index contributed by atoms with van der Waals surface area (Å²) in [6.45, 7) is 2.43. The van der Waals surface area contributed by atoms with Gasteiger partial charge in [0.2, 0.25) is 5.43 Å². The average molecular weight is 522 g/mol. The van der Waals surface area contributed by atoms with Gasteiger partial charge < -0.3 is 19.5 Å². The van der Waals surface area contributed by atoms with Crippen molar-refractivity contribution in [3.63, 3.8) is 0 Å². The quantitative estimate of drug-likeness (QED) is 0.356. The van der Waals surface area contributed by atoms with Crippen LogP contribution in [0.3, 0.4) is 0 Å². The summed E-state index contributed by atoms with van der Waals surface area (Å²) in [4.78, 5) is 28.7. The number of ether oxygens (including phenoxy) is 1. The fraction of sp³-hybridized carbons (Fsp3) is 0.379.